The Balaban J connectivity index is 2.66. The summed E-state index contributed by atoms with van der Waals surface area (Å²) in [5.41, 5.74) is 0. The van der Waals surface area contributed by atoms with Crippen molar-refractivity contribution < 1.29 is 14.7 Å². The summed E-state index contributed by atoms with van der Waals surface area (Å²) in [5.74, 6) is -2.55. The monoisotopic (exact) mass is 291 g/mol. The molecule has 0 spiro atoms. The van der Waals surface area contributed by atoms with Crippen molar-refractivity contribution in [1.82, 2.24) is 0 Å². The third-order valence-corrected chi connectivity index (χ3v) is 3.44. The van der Waals surface area contributed by atoms with E-state index in [1.54, 1.807) is 13.0 Å². The number of amides is 1. The maximum atomic E-state index is 11.5. The lowest BCUT2D eigenvalue weighted by molar-refractivity contribution is -0.145. The van der Waals surface area contributed by atoms with Crippen molar-refractivity contribution in [1.29, 1.82) is 0 Å². The van der Waals surface area contributed by atoms with Crippen LogP contribution in [0.3, 0.4) is 0 Å². The van der Waals surface area contributed by atoms with Crippen LogP contribution in [0, 0.1) is 5.92 Å². The van der Waals surface area contributed by atoms with Gasteiger partial charge in [0.2, 0.25) is 5.91 Å². The molecule has 2 N–H and O–H groups in total. The van der Waals surface area contributed by atoms with Crippen LogP contribution in [0.5, 0.6) is 0 Å². The Kier molecular flexibility index (Phi) is 4.28. The van der Waals surface area contributed by atoms with Crippen molar-refractivity contribution in [3.63, 3.8) is 0 Å². The molecule has 1 rings (SSSR count). The summed E-state index contributed by atoms with van der Waals surface area (Å²) in [6, 6.07) is 1.73. The number of carbonyl (C=O) groups excluding carboxylic acids is 1. The number of thiophene rings is 1. The topological polar surface area (TPSA) is 66.4 Å². The van der Waals surface area contributed by atoms with E-state index in [2.05, 4.69) is 21.2 Å². The summed E-state index contributed by atoms with van der Waals surface area (Å²) in [5, 5.41) is 13.8. The first-order chi connectivity index (χ1) is 7.04. The highest BCUT2D eigenvalue weighted by Gasteiger charge is 2.24. The first-order valence-corrected chi connectivity index (χ1v) is 5.99. The summed E-state index contributed by atoms with van der Waals surface area (Å²) in [7, 11) is 0. The number of carboxylic acid groups (broad SMARTS) is 1. The standard InChI is InChI=1S/C9H10BrNO3S/c1-2-6(9(13)14)8(12)11-7-3-5(10)4-15-7/h3-4,6H,2H2,1H3,(H,11,12)(H,13,14). The molecule has 1 unspecified atom stereocenters. The lowest BCUT2D eigenvalue weighted by Crippen LogP contribution is -2.28. The molecule has 1 atom stereocenters. The van der Waals surface area contributed by atoms with Crippen LogP contribution in [-0.4, -0.2) is 17.0 Å². The Hall–Kier alpha value is -0.880. The number of hydrogen-bond acceptors (Lipinski definition) is 3. The predicted octanol–water partition coefficient (Wildman–Crippen LogP) is 2.56. The molecule has 0 aliphatic carbocycles. The van der Waals surface area contributed by atoms with Crippen molar-refractivity contribution in [3.05, 3.63) is 15.9 Å². The average molecular weight is 292 g/mol. The number of carboxylic acids is 1. The summed E-state index contributed by atoms with van der Waals surface area (Å²) in [4.78, 5) is 22.2. The molecular weight excluding hydrogens is 282 g/mol. The first kappa shape index (κ1) is 12.2. The maximum absolute atomic E-state index is 11.5. The van der Waals surface area contributed by atoms with Gasteiger partial charge in [-0.2, -0.15) is 0 Å². The van der Waals surface area contributed by atoms with Crippen LogP contribution in [0.25, 0.3) is 0 Å². The minimum atomic E-state index is -1.09. The van der Waals surface area contributed by atoms with Gasteiger partial charge >= 0.3 is 5.97 Å². The first-order valence-electron chi connectivity index (χ1n) is 4.32. The van der Waals surface area contributed by atoms with E-state index >= 15 is 0 Å². The SMILES string of the molecule is CCC(C(=O)O)C(=O)Nc1cc(Br)cs1. The lowest BCUT2D eigenvalue weighted by Gasteiger charge is -2.08. The van der Waals surface area contributed by atoms with E-state index in [9.17, 15) is 9.59 Å². The average Bonchev–Trinajstić information content (AvgIpc) is 2.51. The van der Waals surface area contributed by atoms with E-state index in [-0.39, 0.29) is 6.42 Å². The Bertz CT molecular complexity index is 377. The van der Waals surface area contributed by atoms with Crippen LogP contribution < -0.4 is 5.32 Å². The van der Waals surface area contributed by atoms with E-state index < -0.39 is 17.8 Å². The van der Waals surface area contributed by atoms with Gasteiger partial charge in [-0.3, -0.25) is 9.59 Å². The molecule has 0 aliphatic rings. The molecule has 0 radical (unpaired) electrons. The molecule has 0 fully saturated rings. The third-order valence-electron chi connectivity index (χ3n) is 1.84. The molecule has 1 amide bonds. The zero-order chi connectivity index (χ0) is 11.4. The molecule has 1 aromatic rings. The third kappa shape index (κ3) is 3.32. The molecular formula is C9H10BrNO3S. The Morgan fingerprint density at radius 1 is 1.67 bits per heavy atom. The van der Waals surface area contributed by atoms with Gasteiger partial charge in [-0.25, -0.2) is 0 Å². The number of halogens is 1. The smallest absolute Gasteiger partial charge is 0.316 e. The summed E-state index contributed by atoms with van der Waals surface area (Å²) in [6.45, 7) is 1.67. The fourth-order valence-electron chi connectivity index (χ4n) is 1.06. The Morgan fingerprint density at radius 2 is 2.33 bits per heavy atom. The molecule has 1 aromatic heterocycles. The van der Waals surface area contributed by atoms with E-state index in [0.717, 1.165) is 4.47 Å². The predicted molar refractivity (Wildman–Crippen MR) is 62.1 cm³/mol. The van der Waals surface area contributed by atoms with Gasteiger partial charge in [0, 0.05) is 9.85 Å². The normalized spacial score (nSPS) is 12.1. The van der Waals surface area contributed by atoms with Gasteiger partial charge in [0.15, 0.2) is 0 Å². The number of carbonyl (C=O) groups is 2. The molecule has 1 heterocycles. The number of nitrogens with one attached hydrogen (secondary N) is 1. The highest BCUT2D eigenvalue weighted by Crippen LogP contribution is 2.25. The zero-order valence-electron chi connectivity index (χ0n) is 7.99. The molecule has 0 saturated heterocycles. The second-order valence-electron chi connectivity index (χ2n) is 2.92. The van der Waals surface area contributed by atoms with E-state index in [1.807, 2.05) is 5.38 Å². The van der Waals surface area contributed by atoms with Crippen LogP contribution in [-0.2, 0) is 9.59 Å². The van der Waals surface area contributed by atoms with Gasteiger partial charge in [0.1, 0.15) is 5.92 Å². The van der Waals surface area contributed by atoms with Gasteiger partial charge in [-0.05, 0) is 28.4 Å². The molecule has 0 aromatic carbocycles. The fourth-order valence-corrected chi connectivity index (χ4v) is 2.38. The molecule has 4 nitrogen and oxygen atoms in total. The highest BCUT2D eigenvalue weighted by molar-refractivity contribution is 9.10. The van der Waals surface area contributed by atoms with Crippen LogP contribution in [0.2, 0.25) is 0 Å². The van der Waals surface area contributed by atoms with Crippen molar-refractivity contribution in [2.24, 2.45) is 5.92 Å². The second-order valence-corrected chi connectivity index (χ2v) is 4.74. The van der Waals surface area contributed by atoms with Crippen molar-refractivity contribution in [2.75, 3.05) is 5.32 Å². The van der Waals surface area contributed by atoms with Gasteiger partial charge in [-0.15, -0.1) is 11.3 Å². The van der Waals surface area contributed by atoms with E-state index in [0.29, 0.717) is 5.00 Å². The maximum Gasteiger partial charge on any atom is 0.316 e. The molecule has 0 bridgehead atoms. The summed E-state index contributed by atoms with van der Waals surface area (Å²) >= 11 is 4.59. The fraction of sp³-hybridized carbons (Fsp3) is 0.333. The second kappa shape index (κ2) is 5.27. The highest BCUT2D eigenvalue weighted by atomic mass is 79.9. The van der Waals surface area contributed by atoms with Crippen molar-refractivity contribution >= 4 is 44.1 Å². The lowest BCUT2D eigenvalue weighted by atomic mass is 10.1. The number of aliphatic carboxylic acids is 1. The summed E-state index contributed by atoms with van der Waals surface area (Å²) < 4.78 is 0.867. The molecule has 15 heavy (non-hydrogen) atoms. The van der Waals surface area contributed by atoms with Crippen molar-refractivity contribution in [3.8, 4) is 0 Å². The van der Waals surface area contributed by atoms with Gasteiger partial charge in [0.05, 0.1) is 5.00 Å². The summed E-state index contributed by atoms with van der Waals surface area (Å²) in [6.07, 6.45) is 0.285. The molecule has 0 aliphatic heterocycles. The number of hydrogen-bond donors (Lipinski definition) is 2. The van der Waals surface area contributed by atoms with Crippen LogP contribution in [0.4, 0.5) is 5.00 Å². The quantitative estimate of drug-likeness (QED) is 0.838. The zero-order valence-corrected chi connectivity index (χ0v) is 10.4. The van der Waals surface area contributed by atoms with Gasteiger partial charge < -0.3 is 10.4 Å². The minimum Gasteiger partial charge on any atom is -0.481 e. The minimum absolute atomic E-state index is 0.285. The van der Waals surface area contributed by atoms with Crippen LogP contribution >= 0.6 is 27.3 Å². The van der Waals surface area contributed by atoms with Crippen LogP contribution in [0.1, 0.15) is 13.3 Å². The molecule has 82 valence electrons. The van der Waals surface area contributed by atoms with Gasteiger partial charge in [0.25, 0.3) is 0 Å². The van der Waals surface area contributed by atoms with Crippen LogP contribution in [0.15, 0.2) is 15.9 Å². The molecule has 6 heteroatoms. The largest absolute Gasteiger partial charge is 0.481 e. The van der Waals surface area contributed by atoms with E-state index in [4.69, 9.17) is 5.11 Å². The number of rotatable bonds is 4. The van der Waals surface area contributed by atoms with Gasteiger partial charge in [-0.1, -0.05) is 6.92 Å². The Morgan fingerprint density at radius 3 is 2.73 bits per heavy atom. The number of anilines is 1. The Labute approximate surface area is 99.4 Å². The van der Waals surface area contributed by atoms with E-state index in [1.165, 1.54) is 11.3 Å². The molecule has 0 saturated carbocycles. The van der Waals surface area contributed by atoms with Crippen molar-refractivity contribution in [2.45, 2.75) is 13.3 Å².